The fraction of sp³-hybridized carbons (Fsp3) is 0.0154. The first kappa shape index (κ1) is 49.1. The summed E-state index contributed by atoms with van der Waals surface area (Å²) in [4.78, 5) is 0. The van der Waals surface area contributed by atoms with Gasteiger partial charge in [0.2, 0.25) is 0 Å². The van der Waals surface area contributed by atoms with E-state index in [-0.39, 0.29) is 44.8 Å². The van der Waals surface area contributed by atoms with Gasteiger partial charge in [-0.3, -0.25) is 11.8 Å². The van der Waals surface area contributed by atoms with Crippen LogP contribution in [0.3, 0.4) is 0 Å². The van der Waals surface area contributed by atoms with E-state index in [1.807, 2.05) is 24.3 Å². The maximum atomic E-state index is 7.56. The second kappa shape index (κ2) is 23.3. The molecule has 0 nitrogen and oxygen atoms in total. The molecule has 0 N–H and O–H groups in total. The molecule has 69 heavy (non-hydrogen) atoms. The van der Waals surface area contributed by atoms with E-state index in [2.05, 4.69) is 242 Å². The molecule has 0 spiro atoms. The Morgan fingerprint density at radius 1 is 0.246 bits per heavy atom. The van der Waals surface area contributed by atoms with Crippen LogP contribution in [0.25, 0.3) is 64.6 Å². The molecule has 336 valence electrons. The van der Waals surface area contributed by atoms with Crippen molar-refractivity contribution in [3.63, 3.8) is 0 Å². The molecule has 0 aliphatic carbocycles. The maximum Gasteiger partial charge on any atom is 1.00 e. The van der Waals surface area contributed by atoms with E-state index < -0.39 is 15.8 Å². The Kier molecular flexibility index (Phi) is 16.6. The normalized spacial score (nSPS) is 10.7. The molecule has 12 aromatic rings. The maximum absolute atomic E-state index is 7.56. The van der Waals surface area contributed by atoms with Crippen molar-refractivity contribution in [1.29, 1.82) is 0 Å². The van der Waals surface area contributed by atoms with E-state index in [4.69, 9.17) is 12.8 Å². The van der Waals surface area contributed by atoms with Gasteiger partial charge in [-0.2, -0.15) is 0 Å². The minimum Gasteiger partial charge on any atom is -0.366 e. The first-order valence-electron chi connectivity index (χ1n) is 22.6. The van der Waals surface area contributed by atoms with Crippen LogP contribution in [0.5, 0.6) is 0 Å². The van der Waals surface area contributed by atoms with Gasteiger partial charge < -0.3 is 12.8 Å². The molecule has 0 atom stereocenters. The van der Waals surface area contributed by atoms with Crippen LogP contribution in [0.1, 0.15) is 11.1 Å². The van der Waals surface area contributed by atoms with Gasteiger partial charge in [0, 0.05) is 0 Å². The van der Waals surface area contributed by atoms with Crippen LogP contribution in [-0.4, -0.2) is 5.90 Å². The summed E-state index contributed by atoms with van der Waals surface area (Å²) in [7, 11) is -1.69. The van der Waals surface area contributed by atoms with Crippen LogP contribution in [0, 0.1) is 24.7 Å². The molecule has 0 fully saturated rings. The molecule has 0 saturated heterocycles. The van der Waals surface area contributed by atoms with Crippen LogP contribution in [-0.2, 0) is 44.8 Å². The summed E-state index contributed by atoms with van der Waals surface area (Å²) in [5.41, 5.74) is 1.70. The number of hydrogen-bond donors (Lipinski definition) is 0. The molecule has 4 heteroatoms. The first-order chi connectivity index (χ1) is 33.2. The molecule has 0 amide bonds. The Bertz CT molecular complexity index is 3330. The fourth-order valence-electron chi connectivity index (χ4n) is 9.60. The Morgan fingerprint density at radius 3 is 0.696 bits per heavy atom. The van der Waals surface area contributed by atoms with E-state index in [1.165, 1.54) is 81.0 Å². The third-order valence-corrected chi connectivity index (χ3v) is 19.6. The van der Waals surface area contributed by atoms with E-state index in [0.717, 1.165) is 21.9 Å². The SMILES string of the molecule is [Au+].[Au+].[C-]#Cc1cccc2c3ccccc3c3ccccc3c12.[C-]#Cc1cccc2c3ccccc3c3ccccc3c12.c1ccc([PH+](C[PH+](c2ccccc2)c2ccccc2)c2ccccc2)cc1. The number of benzene rings is 12. The topological polar surface area (TPSA) is 0 Å². The van der Waals surface area contributed by atoms with Crippen molar-refractivity contribution in [1.82, 2.24) is 0 Å². The van der Waals surface area contributed by atoms with Crippen LogP contribution in [0.2, 0.25) is 0 Å². The molecule has 0 aliphatic rings. The third-order valence-electron chi connectivity index (χ3n) is 12.6. The van der Waals surface area contributed by atoms with E-state index in [9.17, 15) is 0 Å². The van der Waals surface area contributed by atoms with Crippen molar-refractivity contribution in [2.45, 2.75) is 0 Å². The van der Waals surface area contributed by atoms with Gasteiger partial charge in [-0.05, 0) is 102 Å². The number of rotatable bonds is 6. The second-order valence-electron chi connectivity index (χ2n) is 16.5. The standard InChI is InChI=1S/C25H22P2.2C20H11.2Au/c1-5-13-22(14-6-1)26(23-15-7-2-8-16-23)21-27(24-17-9-3-10-18-24)25-19-11-4-12-20-25;2*1-2-14-8-7-13-19-17-10-4-3-9-15(17)16-11-5-6-12-18(16)20(14)19;;/h1-20H,21H2;2*3-13H;;/q;2*-1;2*+1/p+2. The summed E-state index contributed by atoms with van der Waals surface area (Å²) in [6.07, 6.45) is 15.1. The van der Waals surface area contributed by atoms with Gasteiger partial charge in [-0.15, -0.1) is 23.3 Å². The molecule has 0 heterocycles. The monoisotopic (exact) mass is 1280 g/mol. The molecule has 12 rings (SSSR count). The Balaban J connectivity index is 0.000000140. The van der Waals surface area contributed by atoms with Crippen LogP contribution < -0.4 is 21.2 Å². The van der Waals surface area contributed by atoms with Crippen molar-refractivity contribution in [2.24, 2.45) is 0 Å². The Morgan fingerprint density at radius 2 is 0.449 bits per heavy atom. The minimum absolute atomic E-state index is 0. The average molecular weight is 1280 g/mol. The predicted octanol–water partition coefficient (Wildman–Crippen LogP) is 14.8. The van der Waals surface area contributed by atoms with Gasteiger partial charge in [0.25, 0.3) is 0 Å². The van der Waals surface area contributed by atoms with Crippen LogP contribution in [0.4, 0.5) is 0 Å². The Hall–Kier alpha value is -6.34. The predicted molar refractivity (Wildman–Crippen MR) is 296 cm³/mol. The molecule has 0 saturated carbocycles. The summed E-state index contributed by atoms with van der Waals surface area (Å²) in [6, 6.07) is 90.3. The first-order valence-corrected chi connectivity index (χ1v) is 26.1. The molecular weight excluding hydrogens is 1240 g/mol. The third kappa shape index (κ3) is 10.3. The summed E-state index contributed by atoms with van der Waals surface area (Å²) in [5, 5.41) is 20.5. The van der Waals surface area contributed by atoms with Gasteiger partial charge in [-0.25, -0.2) is 0 Å². The molecule has 12 aromatic carbocycles. The zero-order valence-corrected chi connectivity index (χ0v) is 43.9. The average Bonchev–Trinajstić information content (AvgIpc) is 3.42. The van der Waals surface area contributed by atoms with Gasteiger partial charge in [0.15, 0.2) is 5.90 Å². The summed E-state index contributed by atoms with van der Waals surface area (Å²) in [6.45, 7) is 0. The number of hydrogen-bond acceptors (Lipinski definition) is 0. The zero-order chi connectivity index (χ0) is 45.4. The molecule has 0 aliphatic heterocycles. The van der Waals surface area contributed by atoms with Gasteiger partial charge >= 0.3 is 44.8 Å². The van der Waals surface area contributed by atoms with Crippen molar-refractivity contribution in [3.05, 3.63) is 279 Å². The molecule has 0 bridgehead atoms. The van der Waals surface area contributed by atoms with Crippen molar-refractivity contribution < 1.29 is 44.8 Å². The van der Waals surface area contributed by atoms with Gasteiger partial charge in [0.1, 0.15) is 37.1 Å². The molecule has 0 radical (unpaired) electrons. The van der Waals surface area contributed by atoms with Crippen molar-refractivity contribution >= 4 is 102 Å². The fourth-order valence-corrected chi connectivity index (χ4v) is 17.3. The van der Waals surface area contributed by atoms with E-state index >= 15 is 0 Å². The van der Waals surface area contributed by atoms with Crippen LogP contribution in [0.15, 0.2) is 255 Å². The zero-order valence-electron chi connectivity index (χ0n) is 37.6. The molecular formula is C65H46Au2P2+2. The number of fused-ring (bicyclic) bond motifs is 12. The van der Waals surface area contributed by atoms with Crippen LogP contribution >= 0.6 is 15.8 Å². The largest absolute Gasteiger partial charge is 1.00 e. The summed E-state index contributed by atoms with van der Waals surface area (Å²) in [5.74, 6) is 6.40. The van der Waals surface area contributed by atoms with E-state index in [0.29, 0.717) is 0 Å². The van der Waals surface area contributed by atoms with Crippen molar-refractivity contribution in [3.8, 4) is 11.8 Å². The quantitative estimate of drug-likeness (QED) is 0.0512. The smallest absolute Gasteiger partial charge is 0.366 e. The molecule has 0 unspecified atom stereocenters. The molecule has 0 aromatic heterocycles. The summed E-state index contributed by atoms with van der Waals surface area (Å²) < 4.78 is 0. The van der Waals surface area contributed by atoms with E-state index in [1.54, 1.807) is 0 Å². The summed E-state index contributed by atoms with van der Waals surface area (Å²) >= 11 is 0. The van der Waals surface area contributed by atoms with Gasteiger partial charge in [-0.1, -0.05) is 205 Å². The minimum atomic E-state index is -0.847. The van der Waals surface area contributed by atoms with Gasteiger partial charge in [0.05, 0.1) is 0 Å². The van der Waals surface area contributed by atoms with Crippen molar-refractivity contribution in [2.75, 3.05) is 5.90 Å². The Labute approximate surface area is 439 Å². The second-order valence-corrected chi connectivity index (χ2v) is 22.1.